The van der Waals surface area contributed by atoms with E-state index in [0.717, 1.165) is 32.4 Å². The van der Waals surface area contributed by atoms with Crippen molar-refractivity contribution in [3.8, 4) is 0 Å². The van der Waals surface area contributed by atoms with E-state index in [-0.39, 0.29) is 5.25 Å². The number of rotatable bonds is 7. The summed E-state index contributed by atoms with van der Waals surface area (Å²) in [6.45, 7) is 7.06. The van der Waals surface area contributed by atoms with E-state index >= 15 is 0 Å². The summed E-state index contributed by atoms with van der Waals surface area (Å²) in [6.07, 6.45) is 2.79. The molecule has 2 unspecified atom stereocenters. The molecule has 0 aromatic rings. The molecule has 0 aromatic carbocycles. The van der Waals surface area contributed by atoms with Crippen LogP contribution in [0.15, 0.2) is 0 Å². The number of likely N-dealkylation sites (N-methyl/N-ethyl adjacent to an activating group) is 1. The van der Waals surface area contributed by atoms with Crippen molar-refractivity contribution in [1.82, 2.24) is 14.9 Å². The molecule has 1 heterocycles. The van der Waals surface area contributed by atoms with Crippen LogP contribution in [-0.4, -0.2) is 57.8 Å². The van der Waals surface area contributed by atoms with E-state index in [1.807, 2.05) is 7.05 Å². The lowest BCUT2D eigenvalue weighted by Crippen LogP contribution is -2.46. The highest BCUT2D eigenvalue weighted by Crippen LogP contribution is 2.10. The predicted molar refractivity (Wildman–Crippen MR) is 75.2 cm³/mol. The van der Waals surface area contributed by atoms with Crippen molar-refractivity contribution in [3.63, 3.8) is 0 Å². The molecule has 2 atom stereocenters. The van der Waals surface area contributed by atoms with Crippen molar-refractivity contribution in [3.05, 3.63) is 0 Å². The highest BCUT2D eigenvalue weighted by Gasteiger charge is 2.26. The Morgan fingerprint density at radius 2 is 2.22 bits per heavy atom. The zero-order chi connectivity index (χ0) is 13.6. The molecule has 0 aromatic heterocycles. The Balaban J connectivity index is 2.33. The second kappa shape index (κ2) is 7.43. The number of nitrogens with zero attached hydrogens (tertiary/aromatic N) is 1. The molecule has 1 rings (SSSR count). The van der Waals surface area contributed by atoms with Gasteiger partial charge in [-0.05, 0) is 39.8 Å². The summed E-state index contributed by atoms with van der Waals surface area (Å²) < 4.78 is 26.8. The molecule has 2 N–H and O–H groups in total. The van der Waals surface area contributed by atoms with Crippen LogP contribution in [0.3, 0.4) is 0 Å². The first-order valence-corrected chi connectivity index (χ1v) is 8.41. The van der Waals surface area contributed by atoms with Crippen molar-refractivity contribution < 1.29 is 8.42 Å². The molecule has 1 saturated heterocycles. The van der Waals surface area contributed by atoms with Crippen molar-refractivity contribution in [2.45, 2.75) is 44.4 Å². The minimum atomic E-state index is -3.15. The molecule has 6 heteroatoms. The van der Waals surface area contributed by atoms with E-state index in [1.54, 1.807) is 0 Å². The maximum absolute atomic E-state index is 12.0. The van der Waals surface area contributed by atoms with Gasteiger partial charge in [0, 0.05) is 25.7 Å². The average molecular weight is 277 g/mol. The number of nitrogens with one attached hydrogen (secondary N) is 2. The van der Waals surface area contributed by atoms with Crippen molar-refractivity contribution in [2.24, 2.45) is 0 Å². The minimum Gasteiger partial charge on any atom is -0.315 e. The van der Waals surface area contributed by atoms with Gasteiger partial charge in [0.1, 0.15) is 0 Å². The van der Waals surface area contributed by atoms with Crippen molar-refractivity contribution in [2.75, 3.05) is 33.2 Å². The lowest BCUT2D eigenvalue weighted by Gasteiger charge is -2.25. The quantitative estimate of drug-likeness (QED) is 0.707. The van der Waals surface area contributed by atoms with Crippen LogP contribution >= 0.6 is 0 Å². The van der Waals surface area contributed by atoms with Gasteiger partial charge in [0.15, 0.2) is 0 Å². The Hall–Kier alpha value is -0.170. The molecule has 18 heavy (non-hydrogen) atoms. The summed E-state index contributed by atoms with van der Waals surface area (Å²) in [5.74, 6) is 0. The van der Waals surface area contributed by atoms with Gasteiger partial charge in [-0.15, -0.1) is 0 Å². The third kappa shape index (κ3) is 4.84. The maximum Gasteiger partial charge on any atom is 0.215 e. The standard InChI is InChI=1S/C12H27N3O2S/c1-4-11(2)15(3)9-8-14-18(16,17)12-6-5-7-13-10-12/h11-14H,4-10H2,1-3H3. The van der Waals surface area contributed by atoms with E-state index < -0.39 is 10.0 Å². The third-order valence-electron chi connectivity index (χ3n) is 3.80. The van der Waals surface area contributed by atoms with Crippen LogP contribution in [0.2, 0.25) is 0 Å². The fourth-order valence-corrected chi connectivity index (χ4v) is 3.52. The second-order valence-corrected chi connectivity index (χ2v) is 7.19. The van der Waals surface area contributed by atoms with Crippen LogP contribution < -0.4 is 10.0 Å². The number of hydrogen-bond donors (Lipinski definition) is 2. The molecule has 108 valence electrons. The number of sulfonamides is 1. The zero-order valence-corrected chi connectivity index (χ0v) is 12.6. The Bertz CT molecular complexity index is 326. The van der Waals surface area contributed by atoms with Crippen LogP contribution in [-0.2, 0) is 10.0 Å². The van der Waals surface area contributed by atoms with Crippen LogP contribution in [0.4, 0.5) is 0 Å². The summed E-state index contributed by atoms with van der Waals surface area (Å²) in [4.78, 5) is 2.18. The van der Waals surface area contributed by atoms with Gasteiger partial charge in [-0.3, -0.25) is 0 Å². The van der Waals surface area contributed by atoms with Gasteiger partial charge >= 0.3 is 0 Å². The van der Waals surface area contributed by atoms with Gasteiger partial charge in [-0.1, -0.05) is 6.92 Å². The second-order valence-electron chi connectivity index (χ2n) is 5.15. The highest BCUT2D eigenvalue weighted by molar-refractivity contribution is 7.90. The Labute approximate surface area is 111 Å². The summed E-state index contributed by atoms with van der Waals surface area (Å²) in [5, 5.41) is 2.87. The van der Waals surface area contributed by atoms with Crippen LogP contribution in [0.25, 0.3) is 0 Å². The molecule has 1 aliphatic rings. The van der Waals surface area contributed by atoms with E-state index in [0.29, 0.717) is 19.1 Å². The van der Waals surface area contributed by atoms with E-state index in [4.69, 9.17) is 0 Å². The van der Waals surface area contributed by atoms with Gasteiger partial charge in [-0.25, -0.2) is 13.1 Å². The fraction of sp³-hybridized carbons (Fsp3) is 1.00. The Morgan fingerprint density at radius 1 is 1.50 bits per heavy atom. The molecule has 0 spiro atoms. The fourth-order valence-electron chi connectivity index (χ4n) is 2.10. The van der Waals surface area contributed by atoms with Gasteiger partial charge in [0.25, 0.3) is 0 Å². The first-order chi connectivity index (χ1) is 8.47. The molecule has 0 amide bonds. The molecule has 5 nitrogen and oxygen atoms in total. The van der Waals surface area contributed by atoms with Gasteiger partial charge in [0.2, 0.25) is 10.0 Å². The molecule has 0 saturated carbocycles. The van der Waals surface area contributed by atoms with E-state index in [9.17, 15) is 8.42 Å². The van der Waals surface area contributed by atoms with E-state index in [2.05, 4.69) is 28.8 Å². The number of piperidine rings is 1. The monoisotopic (exact) mass is 277 g/mol. The molecular weight excluding hydrogens is 250 g/mol. The van der Waals surface area contributed by atoms with Gasteiger partial charge < -0.3 is 10.2 Å². The first kappa shape index (κ1) is 15.9. The SMILES string of the molecule is CCC(C)N(C)CCNS(=O)(=O)C1CCCNC1. The molecule has 0 radical (unpaired) electrons. The third-order valence-corrected chi connectivity index (χ3v) is 5.69. The van der Waals surface area contributed by atoms with Crippen LogP contribution in [0.5, 0.6) is 0 Å². The average Bonchev–Trinajstić information content (AvgIpc) is 2.38. The van der Waals surface area contributed by atoms with Crippen molar-refractivity contribution >= 4 is 10.0 Å². The molecular formula is C12H27N3O2S. The first-order valence-electron chi connectivity index (χ1n) is 6.86. The summed E-state index contributed by atoms with van der Waals surface area (Å²) in [5.41, 5.74) is 0. The molecule has 0 aliphatic carbocycles. The normalized spacial score (nSPS) is 23.2. The van der Waals surface area contributed by atoms with Crippen molar-refractivity contribution in [1.29, 1.82) is 0 Å². The maximum atomic E-state index is 12.0. The van der Waals surface area contributed by atoms with Crippen LogP contribution in [0.1, 0.15) is 33.1 Å². The van der Waals surface area contributed by atoms with Crippen LogP contribution in [0, 0.1) is 0 Å². The largest absolute Gasteiger partial charge is 0.315 e. The summed E-state index contributed by atoms with van der Waals surface area (Å²) in [6, 6.07) is 0.492. The smallest absolute Gasteiger partial charge is 0.215 e. The van der Waals surface area contributed by atoms with E-state index in [1.165, 1.54) is 0 Å². The molecule has 1 fully saturated rings. The Kier molecular flexibility index (Phi) is 6.55. The Morgan fingerprint density at radius 3 is 2.78 bits per heavy atom. The predicted octanol–water partition coefficient (Wildman–Crippen LogP) is 0.388. The molecule has 1 aliphatic heterocycles. The summed E-state index contributed by atoms with van der Waals surface area (Å²) >= 11 is 0. The minimum absolute atomic E-state index is 0.264. The topological polar surface area (TPSA) is 61.4 Å². The highest BCUT2D eigenvalue weighted by atomic mass is 32.2. The lowest BCUT2D eigenvalue weighted by molar-refractivity contribution is 0.256. The lowest BCUT2D eigenvalue weighted by atomic mass is 10.2. The number of hydrogen-bond acceptors (Lipinski definition) is 4. The zero-order valence-electron chi connectivity index (χ0n) is 11.8. The summed E-state index contributed by atoms with van der Waals surface area (Å²) in [7, 11) is -1.12. The molecule has 0 bridgehead atoms. The van der Waals surface area contributed by atoms with Gasteiger partial charge in [-0.2, -0.15) is 0 Å². The van der Waals surface area contributed by atoms with Gasteiger partial charge in [0.05, 0.1) is 5.25 Å².